The van der Waals surface area contributed by atoms with E-state index in [0.29, 0.717) is 12.8 Å². The number of carbonyl (C=O) groups excluding carboxylic acids is 1. The molecule has 1 heterocycles. The van der Waals surface area contributed by atoms with Crippen molar-refractivity contribution in [1.29, 1.82) is 5.26 Å². The van der Waals surface area contributed by atoms with Crippen molar-refractivity contribution in [3.63, 3.8) is 0 Å². The fourth-order valence-electron chi connectivity index (χ4n) is 2.72. The average Bonchev–Trinajstić information content (AvgIpc) is 2.77. The number of hydrogen-bond donors (Lipinski definition) is 1. The zero-order chi connectivity index (χ0) is 16.0. The highest BCUT2D eigenvalue weighted by Crippen LogP contribution is 2.31. The van der Waals surface area contributed by atoms with Crippen molar-refractivity contribution in [3.8, 4) is 6.07 Å². The number of aryl methyl sites for hydroxylation is 2. The maximum absolute atomic E-state index is 12.6. The van der Waals surface area contributed by atoms with Crippen LogP contribution >= 0.6 is 11.3 Å². The number of amides is 1. The Balaban J connectivity index is 2.91. The third-order valence-electron chi connectivity index (χ3n) is 3.68. The summed E-state index contributed by atoms with van der Waals surface area (Å²) in [5.41, 5.74) is 0.0598. The quantitative estimate of drug-likeness (QED) is 0.826. The van der Waals surface area contributed by atoms with Gasteiger partial charge < -0.3 is 5.32 Å². The van der Waals surface area contributed by atoms with Gasteiger partial charge in [-0.2, -0.15) is 5.26 Å². The first-order chi connectivity index (χ1) is 9.90. The third-order valence-corrected chi connectivity index (χ3v) is 4.94. The van der Waals surface area contributed by atoms with Crippen LogP contribution in [-0.2, 0) is 4.79 Å². The molecule has 1 rings (SSSR count). The fourth-order valence-corrected chi connectivity index (χ4v) is 3.65. The Bertz CT molecular complexity index is 524. The molecule has 1 aromatic heterocycles. The first kappa shape index (κ1) is 17.6. The zero-order valence-electron chi connectivity index (χ0n) is 13.6. The van der Waals surface area contributed by atoms with Gasteiger partial charge in [0.1, 0.15) is 5.41 Å². The second-order valence-electron chi connectivity index (χ2n) is 5.57. The second-order valence-corrected chi connectivity index (χ2v) is 6.81. The Hall–Kier alpha value is -1.41. The average molecular weight is 307 g/mol. The lowest BCUT2D eigenvalue weighted by atomic mass is 9.79. The molecule has 1 amide bonds. The van der Waals surface area contributed by atoms with Gasteiger partial charge in [0.15, 0.2) is 0 Å². The zero-order valence-corrected chi connectivity index (χ0v) is 14.4. The van der Waals surface area contributed by atoms with Gasteiger partial charge in [0, 0.05) is 4.88 Å². The summed E-state index contributed by atoms with van der Waals surface area (Å²) < 4.78 is 0. The summed E-state index contributed by atoms with van der Waals surface area (Å²) in [5, 5.41) is 13.5. The van der Waals surface area contributed by atoms with Crippen LogP contribution in [0, 0.1) is 30.6 Å². The molecule has 0 aromatic carbocycles. The van der Waals surface area contributed by atoms with E-state index < -0.39 is 5.41 Å². The van der Waals surface area contributed by atoms with Gasteiger partial charge in [0.2, 0.25) is 5.91 Å². The largest absolute Gasteiger partial charge is 0.347 e. The Morgan fingerprint density at radius 2 is 1.95 bits per heavy atom. The number of aromatic nitrogens is 1. The number of nitriles is 1. The summed E-state index contributed by atoms with van der Waals surface area (Å²) in [6.45, 7) is 9.89. The molecule has 1 aromatic rings. The van der Waals surface area contributed by atoms with Crippen LogP contribution < -0.4 is 5.32 Å². The summed E-state index contributed by atoms with van der Waals surface area (Å²) in [6, 6.07) is 2.16. The van der Waals surface area contributed by atoms with Crippen LogP contribution in [0.3, 0.4) is 0 Å². The van der Waals surface area contributed by atoms with E-state index in [1.54, 1.807) is 11.3 Å². The van der Waals surface area contributed by atoms with Crippen LogP contribution in [0.5, 0.6) is 0 Å². The summed E-state index contributed by atoms with van der Waals surface area (Å²) in [6.07, 6.45) is 2.87. The minimum Gasteiger partial charge on any atom is -0.347 e. The summed E-state index contributed by atoms with van der Waals surface area (Å²) in [5.74, 6) is -0.147. The first-order valence-corrected chi connectivity index (χ1v) is 8.38. The minimum absolute atomic E-state index is 0.106. The standard InChI is InChI=1S/C16H25N3OS/c1-6-8-16(10-17,9-7-2)15(20)19-12(4)14-11(3)18-13(5)21-14/h12H,6-9H2,1-5H3,(H,19,20). The van der Waals surface area contributed by atoms with E-state index in [1.807, 2.05) is 34.6 Å². The fraction of sp³-hybridized carbons (Fsp3) is 0.688. The molecule has 1 N–H and O–H groups in total. The van der Waals surface area contributed by atoms with Gasteiger partial charge >= 0.3 is 0 Å². The highest BCUT2D eigenvalue weighted by atomic mass is 32.1. The SMILES string of the molecule is CCCC(C#N)(CCC)C(=O)NC(C)c1sc(C)nc1C. The summed E-state index contributed by atoms with van der Waals surface area (Å²) >= 11 is 1.60. The van der Waals surface area contributed by atoms with Crippen molar-refractivity contribution in [2.24, 2.45) is 5.41 Å². The molecule has 0 saturated heterocycles. The van der Waals surface area contributed by atoms with Crippen LogP contribution in [-0.4, -0.2) is 10.9 Å². The summed E-state index contributed by atoms with van der Waals surface area (Å²) in [7, 11) is 0. The van der Waals surface area contributed by atoms with Gasteiger partial charge in [-0.25, -0.2) is 4.98 Å². The molecule has 1 atom stereocenters. The monoisotopic (exact) mass is 307 g/mol. The van der Waals surface area contributed by atoms with Crippen molar-refractivity contribution in [2.75, 3.05) is 0 Å². The maximum atomic E-state index is 12.6. The van der Waals surface area contributed by atoms with Crippen LogP contribution in [0.2, 0.25) is 0 Å². The van der Waals surface area contributed by atoms with Crippen molar-refractivity contribution in [1.82, 2.24) is 10.3 Å². The Labute approximate surface area is 131 Å². The van der Waals surface area contributed by atoms with Gasteiger partial charge in [0.05, 0.1) is 22.8 Å². The van der Waals surface area contributed by atoms with Crippen molar-refractivity contribution in [3.05, 3.63) is 15.6 Å². The molecule has 4 nitrogen and oxygen atoms in total. The molecule has 0 radical (unpaired) electrons. The molecule has 0 aliphatic carbocycles. The Morgan fingerprint density at radius 3 is 2.33 bits per heavy atom. The number of hydrogen-bond acceptors (Lipinski definition) is 4. The lowest BCUT2D eigenvalue weighted by molar-refractivity contribution is -0.129. The van der Waals surface area contributed by atoms with E-state index in [1.165, 1.54) is 0 Å². The number of rotatable bonds is 7. The molecule has 21 heavy (non-hydrogen) atoms. The van der Waals surface area contributed by atoms with Crippen molar-refractivity contribution >= 4 is 17.2 Å². The smallest absolute Gasteiger partial charge is 0.240 e. The van der Waals surface area contributed by atoms with Gasteiger partial charge in [-0.3, -0.25) is 4.79 Å². The highest BCUT2D eigenvalue weighted by Gasteiger charge is 2.37. The topological polar surface area (TPSA) is 65.8 Å². The van der Waals surface area contributed by atoms with Crippen molar-refractivity contribution < 1.29 is 4.79 Å². The molecule has 0 saturated carbocycles. The predicted molar refractivity (Wildman–Crippen MR) is 86.0 cm³/mol. The van der Waals surface area contributed by atoms with E-state index >= 15 is 0 Å². The number of carbonyl (C=O) groups is 1. The molecule has 0 spiro atoms. The van der Waals surface area contributed by atoms with Crippen LogP contribution in [0.25, 0.3) is 0 Å². The summed E-state index contributed by atoms with van der Waals surface area (Å²) in [4.78, 5) is 18.1. The highest BCUT2D eigenvalue weighted by molar-refractivity contribution is 7.11. The molecule has 5 heteroatoms. The van der Waals surface area contributed by atoms with Crippen LogP contribution in [0.15, 0.2) is 0 Å². The van der Waals surface area contributed by atoms with Crippen LogP contribution in [0.1, 0.15) is 68.1 Å². The molecule has 116 valence electrons. The maximum Gasteiger partial charge on any atom is 0.240 e. The van der Waals surface area contributed by atoms with Crippen LogP contribution in [0.4, 0.5) is 0 Å². The van der Waals surface area contributed by atoms with Gasteiger partial charge in [-0.05, 0) is 33.6 Å². The van der Waals surface area contributed by atoms with E-state index in [2.05, 4.69) is 16.4 Å². The van der Waals surface area contributed by atoms with E-state index in [9.17, 15) is 10.1 Å². The van der Waals surface area contributed by atoms with E-state index in [0.717, 1.165) is 28.4 Å². The Morgan fingerprint density at radius 1 is 1.38 bits per heavy atom. The van der Waals surface area contributed by atoms with Gasteiger partial charge in [-0.15, -0.1) is 11.3 Å². The van der Waals surface area contributed by atoms with Crippen molar-refractivity contribution in [2.45, 2.75) is 66.3 Å². The number of nitrogens with zero attached hydrogens (tertiary/aromatic N) is 2. The van der Waals surface area contributed by atoms with E-state index in [4.69, 9.17) is 0 Å². The lowest BCUT2D eigenvalue weighted by Gasteiger charge is -2.26. The normalized spacial score (nSPS) is 12.8. The molecular formula is C16H25N3OS. The Kier molecular flexibility index (Phi) is 6.35. The molecule has 1 unspecified atom stereocenters. The number of thiazole rings is 1. The molecule has 0 fully saturated rings. The van der Waals surface area contributed by atoms with E-state index in [-0.39, 0.29) is 11.9 Å². The number of nitrogens with one attached hydrogen (secondary N) is 1. The minimum atomic E-state index is -0.897. The lowest BCUT2D eigenvalue weighted by Crippen LogP contribution is -2.41. The molecule has 0 bridgehead atoms. The first-order valence-electron chi connectivity index (χ1n) is 7.56. The van der Waals surface area contributed by atoms with Gasteiger partial charge in [0.25, 0.3) is 0 Å². The van der Waals surface area contributed by atoms with Gasteiger partial charge in [-0.1, -0.05) is 26.7 Å². The predicted octanol–water partition coefficient (Wildman–Crippen LogP) is 4.05. The second kappa shape index (κ2) is 7.56. The third kappa shape index (κ3) is 4.04. The molecule has 0 aliphatic rings. The molecule has 0 aliphatic heterocycles. The molecular weight excluding hydrogens is 282 g/mol.